The average Bonchev–Trinajstić information content (AvgIpc) is 2.67. The van der Waals surface area contributed by atoms with Gasteiger partial charge in [0, 0.05) is 25.2 Å². The Bertz CT molecular complexity index is 690. The first kappa shape index (κ1) is 20.5. The molecule has 0 radical (unpaired) electrons. The summed E-state index contributed by atoms with van der Waals surface area (Å²) in [5, 5.41) is 0. The monoisotopic (exact) mass is 387 g/mol. The third-order valence-electron chi connectivity index (χ3n) is 5.53. The molecule has 0 bridgehead atoms. The van der Waals surface area contributed by atoms with Gasteiger partial charge in [-0.05, 0) is 59.1 Å². The van der Waals surface area contributed by atoms with Crippen LogP contribution < -0.4 is 9.64 Å². The first-order chi connectivity index (χ1) is 13.4. The Labute approximate surface area is 168 Å². The number of nitrogens with zero attached hydrogens (tertiary/aromatic N) is 3. The fourth-order valence-electron chi connectivity index (χ4n) is 4.32. The third-order valence-corrected chi connectivity index (χ3v) is 5.53. The van der Waals surface area contributed by atoms with E-state index in [0.717, 1.165) is 31.6 Å². The fraction of sp³-hybridized carbons (Fsp3) is 0.636. The number of benzene rings is 1. The number of amides is 2. The lowest BCUT2D eigenvalue weighted by atomic mass is 10.1. The number of rotatable bonds is 5. The van der Waals surface area contributed by atoms with Gasteiger partial charge in [-0.25, -0.2) is 0 Å². The van der Waals surface area contributed by atoms with Gasteiger partial charge in [0.25, 0.3) is 5.91 Å². The summed E-state index contributed by atoms with van der Waals surface area (Å²) in [7, 11) is 0. The van der Waals surface area contributed by atoms with E-state index >= 15 is 0 Å². The van der Waals surface area contributed by atoms with Crippen molar-refractivity contribution < 1.29 is 14.3 Å². The van der Waals surface area contributed by atoms with E-state index in [1.54, 1.807) is 0 Å². The summed E-state index contributed by atoms with van der Waals surface area (Å²) in [6.07, 6.45) is 2.72. The van der Waals surface area contributed by atoms with Gasteiger partial charge in [0.05, 0.1) is 18.8 Å². The summed E-state index contributed by atoms with van der Waals surface area (Å²) < 4.78 is 6.06. The van der Waals surface area contributed by atoms with Gasteiger partial charge in [-0.3, -0.25) is 9.59 Å². The van der Waals surface area contributed by atoms with Gasteiger partial charge in [-0.1, -0.05) is 12.1 Å². The maximum atomic E-state index is 13.0. The van der Waals surface area contributed by atoms with Crippen molar-refractivity contribution in [1.82, 2.24) is 9.80 Å². The molecule has 154 valence electrons. The van der Waals surface area contributed by atoms with Crippen molar-refractivity contribution in [2.45, 2.75) is 65.1 Å². The minimum Gasteiger partial charge on any atom is -0.477 e. The number of carbonyl (C=O) groups is 2. The largest absolute Gasteiger partial charge is 0.477 e. The van der Waals surface area contributed by atoms with Gasteiger partial charge in [0.15, 0.2) is 6.10 Å². The van der Waals surface area contributed by atoms with Crippen molar-refractivity contribution >= 4 is 17.5 Å². The molecule has 0 N–H and O–H groups in total. The Morgan fingerprint density at radius 2 is 1.71 bits per heavy atom. The van der Waals surface area contributed by atoms with Crippen LogP contribution in [0.25, 0.3) is 0 Å². The Kier molecular flexibility index (Phi) is 6.47. The molecule has 0 aromatic heterocycles. The van der Waals surface area contributed by atoms with Crippen LogP contribution >= 0.6 is 0 Å². The van der Waals surface area contributed by atoms with Crippen molar-refractivity contribution in [3.63, 3.8) is 0 Å². The molecule has 2 amide bonds. The summed E-state index contributed by atoms with van der Waals surface area (Å²) >= 11 is 0. The van der Waals surface area contributed by atoms with E-state index in [2.05, 4.69) is 0 Å². The SMILES string of the molecule is CC(C)N(C(=O)CN1CC(C(=O)N2CCCCC2)Oc2ccccc21)C(C)C. The van der Waals surface area contributed by atoms with Gasteiger partial charge in [0.2, 0.25) is 5.91 Å². The van der Waals surface area contributed by atoms with Crippen LogP contribution in [0, 0.1) is 0 Å². The number of hydrogen-bond acceptors (Lipinski definition) is 4. The van der Waals surface area contributed by atoms with Crippen molar-refractivity contribution in [2.24, 2.45) is 0 Å². The Morgan fingerprint density at radius 3 is 2.36 bits per heavy atom. The highest BCUT2D eigenvalue weighted by molar-refractivity contribution is 5.86. The van der Waals surface area contributed by atoms with E-state index in [4.69, 9.17) is 4.74 Å². The molecular formula is C22H33N3O3. The number of carbonyl (C=O) groups excluding carboxylic acids is 2. The highest BCUT2D eigenvalue weighted by atomic mass is 16.5. The number of piperidine rings is 1. The molecule has 6 heteroatoms. The standard InChI is InChI=1S/C22H33N3O3/c1-16(2)25(17(3)4)21(26)15-24-14-20(22(27)23-12-8-5-9-13-23)28-19-11-7-6-10-18(19)24/h6-7,10-11,16-17,20H,5,8-9,12-15H2,1-4H3. The molecule has 0 saturated carbocycles. The van der Waals surface area contributed by atoms with Crippen LogP contribution in [-0.4, -0.2) is 66.0 Å². The molecule has 2 aliphatic heterocycles. The highest BCUT2D eigenvalue weighted by Crippen LogP contribution is 2.33. The van der Waals surface area contributed by atoms with Gasteiger partial charge in [-0.2, -0.15) is 0 Å². The molecule has 3 rings (SSSR count). The molecule has 28 heavy (non-hydrogen) atoms. The molecule has 0 spiro atoms. The normalized spacial score (nSPS) is 19.4. The fourth-order valence-corrected chi connectivity index (χ4v) is 4.32. The zero-order chi connectivity index (χ0) is 20.3. The van der Waals surface area contributed by atoms with Gasteiger partial charge in [0.1, 0.15) is 5.75 Å². The van der Waals surface area contributed by atoms with Gasteiger partial charge < -0.3 is 19.4 Å². The summed E-state index contributed by atoms with van der Waals surface area (Å²) in [5.74, 6) is 0.791. The van der Waals surface area contributed by atoms with Crippen molar-refractivity contribution in [3.8, 4) is 5.75 Å². The van der Waals surface area contributed by atoms with Crippen molar-refractivity contribution in [3.05, 3.63) is 24.3 Å². The second kappa shape index (κ2) is 8.84. The summed E-state index contributed by atoms with van der Waals surface area (Å²) in [6.45, 7) is 10.4. The van der Waals surface area contributed by atoms with Gasteiger partial charge in [-0.15, -0.1) is 0 Å². The second-order valence-electron chi connectivity index (χ2n) is 8.33. The molecule has 1 aromatic carbocycles. The van der Waals surface area contributed by atoms with Gasteiger partial charge >= 0.3 is 0 Å². The summed E-state index contributed by atoms with van der Waals surface area (Å²) in [4.78, 5) is 31.9. The first-order valence-electron chi connectivity index (χ1n) is 10.5. The number of para-hydroxylation sites is 2. The molecule has 1 aromatic rings. The topological polar surface area (TPSA) is 53.1 Å². The molecule has 1 unspecified atom stereocenters. The van der Waals surface area contributed by atoms with E-state index in [1.165, 1.54) is 6.42 Å². The van der Waals surface area contributed by atoms with Crippen LogP contribution in [0.5, 0.6) is 5.75 Å². The predicted octanol–water partition coefficient (Wildman–Crippen LogP) is 2.91. The Morgan fingerprint density at radius 1 is 1.07 bits per heavy atom. The van der Waals surface area contributed by atoms with Crippen LogP contribution in [-0.2, 0) is 9.59 Å². The maximum Gasteiger partial charge on any atom is 0.265 e. The second-order valence-corrected chi connectivity index (χ2v) is 8.33. The Balaban J connectivity index is 1.79. The van der Waals surface area contributed by atoms with E-state index < -0.39 is 6.10 Å². The number of anilines is 1. The molecule has 1 fully saturated rings. The molecule has 6 nitrogen and oxygen atoms in total. The zero-order valence-electron chi connectivity index (χ0n) is 17.6. The van der Waals surface area contributed by atoms with Crippen LogP contribution in [0.15, 0.2) is 24.3 Å². The Hall–Kier alpha value is -2.24. The minimum absolute atomic E-state index is 0.0382. The quantitative estimate of drug-likeness (QED) is 0.780. The number of ether oxygens (including phenoxy) is 1. The lowest BCUT2D eigenvalue weighted by Crippen LogP contribution is -2.54. The highest BCUT2D eigenvalue weighted by Gasteiger charge is 2.35. The average molecular weight is 388 g/mol. The lowest BCUT2D eigenvalue weighted by molar-refractivity contribution is -0.140. The van der Waals surface area contributed by atoms with Crippen molar-refractivity contribution in [1.29, 1.82) is 0 Å². The van der Waals surface area contributed by atoms with Crippen LogP contribution in [0.3, 0.4) is 0 Å². The van der Waals surface area contributed by atoms with E-state index in [9.17, 15) is 9.59 Å². The van der Waals surface area contributed by atoms with E-state index in [1.807, 2.05) is 66.7 Å². The molecule has 0 aliphatic carbocycles. The zero-order valence-corrected chi connectivity index (χ0v) is 17.6. The molecule has 2 aliphatic rings. The van der Waals surface area contributed by atoms with Crippen molar-refractivity contribution in [2.75, 3.05) is 31.1 Å². The lowest BCUT2D eigenvalue weighted by Gasteiger charge is -2.39. The molecule has 1 atom stereocenters. The summed E-state index contributed by atoms with van der Waals surface area (Å²) in [6, 6.07) is 7.95. The van der Waals surface area contributed by atoms with E-state index in [-0.39, 0.29) is 30.4 Å². The minimum atomic E-state index is -0.563. The number of hydrogen-bond donors (Lipinski definition) is 0. The predicted molar refractivity (Wildman–Crippen MR) is 111 cm³/mol. The first-order valence-corrected chi connectivity index (χ1v) is 10.5. The maximum absolute atomic E-state index is 13.0. The molecule has 2 heterocycles. The third kappa shape index (κ3) is 4.42. The molecular weight excluding hydrogens is 354 g/mol. The van der Waals surface area contributed by atoms with Crippen LogP contribution in [0.1, 0.15) is 47.0 Å². The van der Waals surface area contributed by atoms with E-state index in [0.29, 0.717) is 12.3 Å². The smallest absolute Gasteiger partial charge is 0.265 e. The number of likely N-dealkylation sites (tertiary alicyclic amines) is 1. The summed E-state index contributed by atoms with van der Waals surface area (Å²) in [5.41, 5.74) is 0.881. The van der Waals surface area contributed by atoms with Crippen LogP contribution in [0.4, 0.5) is 5.69 Å². The number of fused-ring (bicyclic) bond motifs is 1. The molecule has 1 saturated heterocycles. The van der Waals surface area contributed by atoms with Crippen LogP contribution in [0.2, 0.25) is 0 Å².